The molecule has 2 aliphatic rings. The zero-order valence-electron chi connectivity index (χ0n) is 14.8. The Balaban J connectivity index is 1.28. The molecule has 1 aliphatic carbocycles. The summed E-state index contributed by atoms with van der Waals surface area (Å²) in [5.41, 5.74) is 3.17. The molecule has 1 aromatic carbocycles. The number of nitrogens with zero attached hydrogens (tertiary/aromatic N) is 2. The van der Waals surface area contributed by atoms with Crippen molar-refractivity contribution in [2.24, 2.45) is 0 Å². The van der Waals surface area contributed by atoms with Crippen molar-refractivity contribution in [1.29, 1.82) is 0 Å². The second kappa shape index (κ2) is 7.58. The molecule has 1 unspecified atom stereocenters. The quantitative estimate of drug-likeness (QED) is 0.914. The van der Waals surface area contributed by atoms with E-state index in [1.807, 2.05) is 11.1 Å². The number of ether oxygens (including phenoxy) is 1. The van der Waals surface area contributed by atoms with Crippen LogP contribution in [0.25, 0.3) is 0 Å². The van der Waals surface area contributed by atoms with E-state index in [0.717, 1.165) is 62.0 Å². The molecule has 1 atom stereocenters. The Kier molecular flexibility index (Phi) is 5.02. The molecule has 1 fully saturated rings. The van der Waals surface area contributed by atoms with Crippen LogP contribution in [0.2, 0.25) is 0 Å². The highest BCUT2D eigenvalue weighted by Crippen LogP contribution is 2.32. The van der Waals surface area contributed by atoms with Gasteiger partial charge in [-0.1, -0.05) is 12.1 Å². The number of aromatic amines is 1. The van der Waals surface area contributed by atoms with Crippen LogP contribution >= 0.6 is 0 Å². The van der Waals surface area contributed by atoms with Crippen LogP contribution in [-0.4, -0.2) is 40.2 Å². The number of amides is 1. The summed E-state index contributed by atoms with van der Waals surface area (Å²) in [5, 5.41) is 7.14. The number of H-pyrrole nitrogens is 1. The Morgan fingerprint density at radius 2 is 2.00 bits per heavy atom. The maximum absolute atomic E-state index is 12.9. The summed E-state index contributed by atoms with van der Waals surface area (Å²) in [4.78, 5) is 14.9. The Hall–Kier alpha value is -2.21. The molecule has 6 heteroatoms. The molecular weight excluding hydrogens is 333 g/mol. The number of hydrogen-bond acceptors (Lipinski definition) is 3. The molecule has 138 valence electrons. The molecule has 1 aliphatic heterocycles. The molecule has 4 rings (SSSR count). The summed E-state index contributed by atoms with van der Waals surface area (Å²) in [6.45, 7) is 1.95. The SMILES string of the molecule is O=C(C1CCCc2[nH]ncc21)N1CCC(OCc2ccc(F)cc2)CC1. The van der Waals surface area contributed by atoms with Crippen LogP contribution in [0.15, 0.2) is 30.5 Å². The average Bonchev–Trinajstić information content (AvgIpc) is 3.16. The zero-order valence-corrected chi connectivity index (χ0v) is 14.8. The van der Waals surface area contributed by atoms with Crippen LogP contribution in [-0.2, 0) is 22.6 Å². The number of rotatable bonds is 4. The molecule has 0 spiro atoms. The van der Waals surface area contributed by atoms with Crippen LogP contribution in [0.5, 0.6) is 0 Å². The third-order valence-electron chi connectivity index (χ3n) is 5.50. The number of fused-ring (bicyclic) bond motifs is 1. The predicted molar refractivity (Wildman–Crippen MR) is 95.1 cm³/mol. The molecule has 1 amide bonds. The molecule has 0 bridgehead atoms. The largest absolute Gasteiger partial charge is 0.373 e. The van der Waals surface area contributed by atoms with Crippen molar-refractivity contribution >= 4 is 5.91 Å². The second-order valence-electron chi connectivity index (χ2n) is 7.21. The summed E-state index contributed by atoms with van der Waals surface area (Å²) in [7, 11) is 0. The van der Waals surface area contributed by atoms with E-state index in [0.29, 0.717) is 6.61 Å². The first-order valence-corrected chi connectivity index (χ1v) is 9.37. The molecule has 1 saturated heterocycles. The van der Waals surface area contributed by atoms with Crippen molar-refractivity contribution < 1.29 is 13.9 Å². The first-order valence-electron chi connectivity index (χ1n) is 9.37. The third kappa shape index (κ3) is 3.65. The number of nitrogens with one attached hydrogen (secondary N) is 1. The van der Waals surface area contributed by atoms with Gasteiger partial charge in [0.1, 0.15) is 5.82 Å². The lowest BCUT2D eigenvalue weighted by atomic mass is 9.85. The van der Waals surface area contributed by atoms with Gasteiger partial charge in [-0.3, -0.25) is 9.89 Å². The number of carbonyl (C=O) groups excluding carboxylic acids is 1. The number of hydrogen-bond donors (Lipinski definition) is 1. The minimum absolute atomic E-state index is 0.0471. The average molecular weight is 357 g/mol. The highest BCUT2D eigenvalue weighted by molar-refractivity contribution is 5.84. The highest BCUT2D eigenvalue weighted by Gasteiger charge is 2.33. The number of benzene rings is 1. The van der Waals surface area contributed by atoms with Gasteiger partial charge in [-0.25, -0.2) is 4.39 Å². The monoisotopic (exact) mass is 357 g/mol. The molecule has 2 heterocycles. The highest BCUT2D eigenvalue weighted by atomic mass is 19.1. The van der Waals surface area contributed by atoms with Crippen LogP contribution in [0.3, 0.4) is 0 Å². The van der Waals surface area contributed by atoms with Crippen molar-refractivity contribution in [3.63, 3.8) is 0 Å². The Bertz CT molecular complexity index is 751. The van der Waals surface area contributed by atoms with Crippen LogP contribution < -0.4 is 0 Å². The lowest BCUT2D eigenvalue weighted by Gasteiger charge is -2.35. The lowest BCUT2D eigenvalue weighted by molar-refractivity contribution is -0.136. The minimum Gasteiger partial charge on any atom is -0.373 e. The summed E-state index contributed by atoms with van der Waals surface area (Å²) in [5.74, 6) is -0.0532. The van der Waals surface area contributed by atoms with E-state index < -0.39 is 0 Å². The van der Waals surface area contributed by atoms with Crippen LogP contribution in [0.1, 0.15) is 48.4 Å². The van der Waals surface area contributed by atoms with Crippen molar-refractivity contribution in [2.45, 2.75) is 50.7 Å². The van der Waals surface area contributed by atoms with Gasteiger partial charge in [-0.05, 0) is 49.8 Å². The molecule has 2 aromatic rings. The number of halogens is 1. The first kappa shape index (κ1) is 17.2. The van der Waals surface area contributed by atoms with E-state index >= 15 is 0 Å². The maximum atomic E-state index is 12.9. The van der Waals surface area contributed by atoms with Crippen molar-refractivity contribution in [2.75, 3.05) is 13.1 Å². The number of aryl methyl sites for hydroxylation is 1. The Morgan fingerprint density at radius 1 is 1.23 bits per heavy atom. The van der Waals surface area contributed by atoms with Gasteiger partial charge in [0.25, 0.3) is 0 Å². The van der Waals surface area contributed by atoms with Gasteiger partial charge in [0.05, 0.1) is 24.8 Å². The maximum Gasteiger partial charge on any atom is 0.230 e. The van der Waals surface area contributed by atoms with Gasteiger partial charge in [-0.2, -0.15) is 5.10 Å². The van der Waals surface area contributed by atoms with Gasteiger partial charge in [0.2, 0.25) is 5.91 Å². The molecule has 26 heavy (non-hydrogen) atoms. The topological polar surface area (TPSA) is 58.2 Å². The molecule has 1 N–H and O–H groups in total. The second-order valence-corrected chi connectivity index (χ2v) is 7.21. The van der Waals surface area contributed by atoms with E-state index in [1.165, 1.54) is 12.1 Å². The third-order valence-corrected chi connectivity index (χ3v) is 5.50. The van der Waals surface area contributed by atoms with Crippen molar-refractivity contribution in [3.8, 4) is 0 Å². The fourth-order valence-electron chi connectivity index (χ4n) is 3.98. The normalized spacial score (nSPS) is 20.8. The van der Waals surface area contributed by atoms with Gasteiger partial charge in [0.15, 0.2) is 0 Å². The molecule has 0 radical (unpaired) electrons. The number of aromatic nitrogens is 2. The Morgan fingerprint density at radius 3 is 2.77 bits per heavy atom. The lowest BCUT2D eigenvalue weighted by Crippen LogP contribution is -2.43. The van der Waals surface area contributed by atoms with E-state index in [-0.39, 0.29) is 23.7 Å². The van der Waals surface area contributed by atoms with Gasteiger partial charge >= 0.3 is 0 Å². The Labute approximate surface area is 152 Å². The van der Waals surface area contributed by atoms with Gasteiger partial charge < -0.3 is 9.64 Å². The molecular formula is C20H24FN3O2. The van der Waals surface area contributed by atoms with Crippen LogP contribution in [0, 0.1) is 5.82 Å². The summed E-state index contributed by atoms with van der Waals surface area (Å²) < 4.78 is 18.9. The fourth-order valence-corrected chi connectivity index (χ4v) is 3.98. The minimum atomic E-state index is -0.232. The standard InChI is InChI=1S/C20H24FN3O2/c21-15-6-4-14(5-7-15)13-26-16-8-10-24(11-9-16)20(25)17-2-1-3-19-18(17)12-22-23-19/h4-7,12,16-17H,1-3,8-11,13H2,(H,22,23). The van der Waals surface area contributed by atoms with Crippen LogP contribution in [0.4, 0.5) is 4.39 Å². The number of piperidine rings is 1. The van der Waals surface area contributed by atoms with Crippen molar-refractivity contribution in [1.82, 2.24) is 15.1 Å². The van der Waals surface area contributed by atoms with E-state index in [1.54, 1.807) is 12.1 Å². The smallest absolute Gasteiger partial charge is 0.230 e. The van der Waals surface area contributed by atoms with E-state index in [4.69, 9.17) is 4.74 Å². The van der Waals surface area contributed by atoms with Gasteiger partial charge in [-0.15, -0.1) is 0 Å². The predicted octanol–water partition coefficient (Wildman–Crippen LogP) is 3.18. The van der Waals surface area contributed by atoms with Crippen molar-refractivity contribution in [3.05, 3.63) is 53.1 Å². The first-order chi connectivity index (χ1) is 12.7. The van der Waals surface area contributed by atoms with E-state index in [2.05, 4.69) is 10.2 Å². The number of likely N-dealkylation sites (tertiary alicyclic amines) is 1. The zero-order chi connectivity index (χ0) is 17.9. The van der Waals surface area contributed by atoms with E-state index in [9.17, 15) is 9.18 Å². The molecule has 5 nitrogen and oxygen atoms in total. The van der Waals surface area contributed by atoms with Gasteiger partial charge in [0, 0.05) is 24.3 Å². The fraction of sp³-hybridized carbons (Fsp3) is 0.500. The summed E-state index contributed by atoms with van der Waals surface area (Å²) in [6, 6.07) is 6.40. The number of carbonyl (C=O) groups is 1. The molecule has 0 saturated carbocycles. The summed E-state index contributed by atoms with van der Waals surface area (Å²) >= 11 is 0. The summed E-state index contributed by atoms with van der Waals surface area (Å²) in [6.07, 6.45) is 6.58. The molecule has 1 aromatic heterocycles.